The fourth-order valence-corrected chi connectivity index (χ4v) is 5.93. The Hall–Kier alpha value is -4.42. The third-order valence-electron chi connectivity index (χ3n) is 7.97. The summed E-state index contributed by atoms with van der Waals surface area (Å²) >= 11 is 0. The molecule has 5 rings (SSSR count). The van der Waals surface area contributed by atoms with Gasteiger partial charge in [-0.2, -0.15) is 0 Å². The zero-order valence-electron chi connectivity index (χ0n) is 24.8. The van der Waals surface area contributed by atoms with Crippen LogP contribution in [0.2, 0.25) is 18.1 Å². The molecule has 0 saturated carbocycles. The highest BCUT2D eigenvalue weighted by atomic mass is 28.4. The Balaban J connectivity index is 1.55. The molecule has 1 N–H and O–H groups in total. The van der Waals surface area contributed by atoms with E-state index in [0.717, 1.165) is 5.56 Å². The third-order valence-corrected chi connectivity index (χ3v) is 12.4. The summed E-state index contributed by atoms with van der Waals surface area (Å²) in [5, 5.41) is 6.59. The minimum atomic E-state index is -2.35. The van der Waals surface area contributed by atoms with Gasteiger partial charge in [0.2, 0.25) is 0 Å². The van der Waals surface area contributed by atoms with Gasteiger partial charge < -0.3 is 14.5 Å². The average Bonchev–Trinajstić information content (AvgIpc) is 3.56. The van der Waals surface area contributed by atoms with Crippen LogP contribution in [0, 0.1) is 0 Å². The summed E-state index contributed by atoms with van der Waals surface area (Å²) in [7, 11) is -2.35. The number of hydrogen-bond acceptors (Lipinski definition) is 8. The van der Waals surface area contributed by atoms with Gasteiger partial charge >= 0.3 is 0 Å². The molecule has 0 radical (unpaired) electrons. The van der Waals surface area contributed by atoms with E-state index in [1.165, 1.54) is 6.33 Å². The van der Waals surface area contributed by atoms with Gasteiger partial charge in [0.05, 0.1) is 19.0 Å². The molecule has 0 aliphatic carbocycles. The van der Waals surface area contributed by atoms with E-state index in [0.29, 0.717) is 16.7 Å². The van der Waals surface area contributed by atoms with E-state index < -0.39 is 32.8 Å². The Bertz CT molecular complexity index is 1650. The molecule has 3 heterocycles. The first-order chi connectivity index (χ1) is 20.6. The first kappa shape index (κ1) is 30.0. The van der Waals surface area contributed by atoms with Crippen molar-refractivity contribution in [2.45, 2.75) is 63.4 Å². The molecule has 4 atom stereocenters. The Labute approximate surface area is 251 Å². The number of carbonyl (C=O) groups excluding carboxylic acids is 1. The number of imidazole rings is 1. The van der Waals surface area contributed by atoms with Gasteiger partial charge in [-0.05, 0) is 41.4 Å². The zero-order chi connectivity index (χ0) is 30.6. The van der Waals surface area contributed by atoms with E-state index in [1.807, 2.05) is 36.4 Å². The number of ether oxygens (including phenoxy) is 1. The van der Waals surface area contributed by atoms with Crippen molar-refractivity contribution < 1.29 is 14.0 Å². The highest BCUT2D eigenvalue weighted by molar-refractivity contribution is 6.74. The third kappa shape index (κ3) is 6.49. The average molecular weight is 598 g/mol. The normalized spacial score (nSPS) is 20.8. The molecule has 43 heavy (non-hydrogen) atoms. The fraction of sp³-hybridized carbons (Fsp3) is 0.367. The number of anilines is 1. The maximum absolute atomic E-state index is 12.9. The number of rotatable bonds is 9. The maximum Gasteiger partial charge on any atom is 0.256 e. The monoisotopic (exact) mass is 597 g/mol. The molecule has 4 aromatic rings. The summed E-state index contributed by atoms with van der Waals surface area (Å²) in [5.74, 6) is -0.0297. The van der Waals surface area contributed by atoms with Crippen LogP contribution in [0.3, 0.4) is 0 Å². The summed E-state index contributed by atoms with van der Waals surface area (Å²) in [6, 6.07) is 18.2. The van der Waals surface area contributed by atoms with Gasteiger partial charge in [-0.15, -0.1) is 0 Å². The van der Waals surface area contributed by atoms with Gasteiger partial charge in [0.1, 0.15) is 18.5 Å². The highest BCUT2D eigenvalue weighted by Crippen LogP contribution is 2.43. The molecule has 2 aromatic carbocycles. The molecule has 222 valence electrons. The van der Waals surface area contributed by atoms with Crippen LogP contribution in [0.4, 0.5) is 5.82 Å². The lowest BCUT2D eigenvalue weighted by atomic mass is 10.1. The molecule has 0 bridgehead atoms. The summed E-state index contributed by atoms with van der Waals surface area (Å²) in [6.07, 6.45) is 2.98. The van der Waals surface area contributed by atoms with E-state index in [4.69, 9.17) is 19.7 Å². The van der Waals surface area contributed by atoms with Crippen molar-refractivity contribution in [2.75, 3.05) is 11.9 Å². The predicted molar refractivity (Wildman–Crippen MR) is 168 cm³/mol. The van der Waals surface area contributed by atoms with Gasteiger partial charge in [0.25, 0.3) is 5.91 Å². The van der Waals surface area contributed by atoms with Crippen LogP contribution in [0.15, 0.2) is 83.4 Å². The van der Waals surface area contributed by atoms with Gasteiger partial charge in [0.15, 0.2) is 31.5 Å². The molecule has 12 nitrogen and oxygen atoms in total. The second kappa shape index (κ2) is 12.4. The van der Waals surface area contributed by atoms with Gasteiger partial charge in [0, 0.05) is 16.7 Å². The second-order valence-corrected chi connectivity index (χ2v) is 16.6. The van der Waals surface area contributed by atoms with Crippen molar-refractivity contribution in [3.05, 3.63) is 94.9 Å². The molecule has 1 saturated heterocycles. The molecule has 1 amide bonds. The number of nitrogens with one attached hydrogen (secondary N) is 1. The number of azide groups is 1. The Morgan fingerprint density at radius 3 is 2.49 bits per heavy atom. The smallest absolute Gasteiger partial charge is 0.256 e. The number of aromatic nitrogens is 4. The number of aliphatic imine (C=N–C) groups is 1. The van der Waals surface area contributed by atoms with Gasteiger partial charge in [-0.1, -0.05) is 74.4 Å². The minimum absolute atomic E-state index is 0.0706. The number of benzene rings is 2. The van der Waals surface area contributed by atoms with Crippen LogP contribution in [0.1, 0.15) is 42.9 Å². The minimum Gasteiger partial charge on any atom is -0.407 e. The van der Waals surface area contributed by atoms with Crippen LogP contribution in [0.5, 0.6) is 0 Å². The van der Waals surface area contributed by atoms with Crippen LogP contribution < -0.4 is 5.32 Å². The molecule has 0 spiro atoms. The lowest BCUT2D eigenvalue weighted by Gasteiger charge is -2.40. The summed E-state index contributed by atoms with van der Waals surface area (Å²) < 4.78 is 15.4. The van der Waals surface area contributed by atoms with E-state index in [-0.39, 0.29) is 23.3 Å². The molecule has 2 aromatic heterocycles. The number of carbonyl (C=O) groups is 1. The summed E-state index contributed by atoms with van der Waals surface area (Å²) in [6.45, 7) is 10.9. The molecule has 1 aliphatic rings. The second-order valence-electron chi connectivity index (χ2n) is 11.9. The van der Waals surface area contributed by atoms with E-state index in [2.05, 4.69) is 64.2 Å². The predicted octanol–water partition coefficient (Wildman–Crippen LogP) is 6.16. The highest BCUT2D eigenvalue weighted by Gasteiger charge is 2.51. The van der Waals surface area contributed by atoms with Crippen LogP contribution in [0.25, 0.3) is 21.6 Å². The topological polar surface area (TPSA) is 152 Å². The van der Waals surface area contributed by atoms with Crippen molar-refractivity contribution in [3.8, 4) is 0 Å². The van der Waals surface area contributed by atoms with E-state index >= 15 is 0 Å². The van der Waals surface area contributed by atoms with Crippen molar-refractivity contribution in [3.63, 3.8) is 0 Å². The standard InChI is InChI=1S/C30H35N9O3Si/c1-30(2,3)43(4,5)42-25-23(32-16-20-12-8-6-9-13-20)22(17-36-38-31)41-29(25)39-19-35-24-26(33-18-34-27(24)39)37-28(40)21-14-10-7-11-15-21/h6-16,18-19,22-23,25,29H,17H2,1-5H3,(H,33,34,37,40)/t22-,23-,25-,29-/m1/s1. The fourth-order valence-electron chi connectivity index (χ4n) is 4.64. The van der Waals surface area contributed by atoms with Crippen LogP contribution >= 0.6 is 0 Å². The summed E-state index contributed by atoms with van der Waals surface area (Å²) in [4.78, 5) is 34.2. The first-order valence-corrected chi connectivity index (χ1v) is 17.0. The molecule has 0 unspecified atom stereocenters. The molecular weight excluding hydrogens is 562 g/mol. The first-order valence-electron chi connectivity index (χ1n) is 14.1. The molecular formula is C30H35N9O3Si. The van der Waals surface area contributed by atoms with E-state index in [1.54, 1.807) is 41.4 Å². The zero-order valence-corrected chi connectivity index (χ0v) is 25.8. The SMILES string of the molecule is CC(C)(C)[Si](C)(C)O[C@@H]1[C@H](N=Cc2ccccc2)[C@@H](CN=[N+]=[N-])O[C@H]1n1cnc2c(NC(=O)c3ccccc3)ncnc21. The lowest BCUT2D eigenvalue weighted by Crippen LogP contribution is -2.48. The van der Waals surface area contributed by atoms with Crippen molar-refractivity contribution in [1.82, 2.24) is 19.5 Å². The van der Waals surface area contributed by atoms with E-state index in [9.17, 15) is 4.79 Å². The van der Waals surface area contributed by atoms with Gasteiger partial charge in [-0.3, -0.25) is 14.4 Å². The van der Waals surface area contributed by atoms with Crippen LogP contribution in [-0.2, 0) is 9.16 Å². The van der Waals surface area contributed by atoms with Crippen molar-refractivity contribution >= 4 is 37.4 Å². The Morgan fingerprint density at radius 1 is 1.12 bits per heavy atom. The quantitative estimate of drug-likeness (QED) is 0.0801. The van der Waals surface area contributed by atoms with Crippen molar-refractivity contribution in [1.29, 1.82) is 0 Å². The molecule has 13 heteroatoms. The lowest BCUT2D eigenvalue weighted by molar-refractivity contribution is -0.0285. The Kier molecular flexibility index (Phi) is 8.69. The molecule has 1 aliphatic heterocycles. The number of nitrogens with zero attached hydrogens (tertiary/aromatic N) is 8. The van der Waals surface area contributed by atoms with Gasteiger partial charge in [-0.25, -0.2) is 15.0 Å². The molecule has 1 fully saturated rings. The number of hydrogen-bond donors (Lipinski definition) is 1. The number of fused-ring (bicyclic) bond motifs is 1. The van der Waals surface area contributed by atoms with Crippen molar-refractivity contribution in [2.24, 2.45) is 10.1 Å². The van der Waals surface area contributed by atoms with Crippen LogP contribution in [-0.4, -0.2) is 64.8 Å². The largest absolute Gasteiger partial charge is 0.407 e. The summed E-state index contributed by atoms with van der Waals surface area (Å²) in [5.41, 5.74) is 11.4. The maximum atomic E-state index is 12.9. The Morgan fingerprint density at radius 2 is 1.81 bits per heavy atom. The number of amides is 1.